The van der Waals surface area contributed by atoms with Gasteiger partial charge in [0.05, 0.1) is 13.2 Å². The minimum absolute atomic E-state index is 0.0791. The molecular weight excluding hydrogens is 256 g/mol. The zero-order chi connectivity index (χ0) is 14.4. The van der Waals surface area contributed by atoms with Crippen LogP contribution in [0.3, 0.4) is 0 Å². The molecule has 0 aliphatic carbocycles. The van der Waals surface area contributed by atoms with Crippen molar-refractivity contribution >= 4 is 11.6 Å². The van der Waals surface area contributed by atoms with Crippen molar-refractivity contribution in [2.75, 3.05) is 45.8 Å². The number of benzene rings is 1. The lowest BCUT2D eigenvalue weighted by atomic mass is 9.98. The molecule has 0 bridgehead atoms. The van der Waals surface area contributed by atoms with Crippen LogP contribution < -0.4 is 5.73 Å². The molecule has 0 unspecified atom stereocenters. The van der Waals surface area contributed by atoms with Crippen LogP contribution in [-0.4, -0.2) is 50.8 Å². The zero-order valence-electron chi connectivity index (χ0n) is 11.9. The Bertz CT molecular complexity index is 462. The van der Waals surface area contributed by atoms with Gasteiger partial charge in [-0.1, -0.05) is 6.07 Å². The van der Waals surface area contributed by atoms with Crippen molar-refractivity contribution in [2.45, 2.75) is 12.8 Å². The van der Waals surface area contributed by atoms with Crippen LogP contribution >= 0.6 is 0 Å². The third kappa shape index (κ3) is 3.71. The summed E-state index contributed by atoms with van der Waals surface area (Å²) in [6.07, 6.45) is 1.74. The van der Waals surface area contributed by atoms with Crippen molar-refractivity contribution in [2.24, 2.45) is 0 Å². The van der Waals surface area contributed by atoms with E-state index < -0.39 is 0 Å². The van der Waals surface area contributed by atoms with Crippen molar-refractivity contribution in [1.29, 1.82) is 0 Å². The van der Waals surface area contributed by atoms with Crippen molar-refractivity contribution in [1.82, 2.24) is 4.90 Å². The molecule has 0 spiro atoms. The zero-order valence-corrected chi connectivity index (χ0v) is 11.9. The summed E-state index contributed by atoms with van der Waals surface area (Å²) >= 11 is 0. The van der Waals surface area contributed by atoms with Crippen LogP contribution in [0.2, 0.25) is 0 Å². The molecule has 110 valence electrons. The summed E-state index contributed by atoms with van der Waals surface area (Å²) < 4.78 is 10.3. The quantitative estimate of drug-likeness (QED) is 0.603. The van der Waals surface area contributed by atoms with Crippen molar-refractivity contribution < 1.29 is 14.3 Å². The maximum absolute atomic E-state index is 12.3. The van der Waals surface area contributed by atoms with Gasteiger partial charge in [0, 0.05) is 38.1 Å². The lowest BCUT2D eigenvalue weighted by Crippen LogP contribution is -2.38. The van der Waals surface area contributed by atoms with Gasteiger partial charge in [-0.2, -0.15) is 0 Å². The number of nitrogens with zero attached hydrogens (tertiary/aromatic N) is 1. The highest BCUT2D eigenvalue weighted by Crippen LogP contribution is 2.21. The van der Waals surface area contributed by atoms with Gasteiger partial charge in [0.1, 0.15) is 0 Å². The molecule has 0 atom stereocenters. The maximum Gasteiger partial charge on any atom is 0.254 e. The predicted molar refractivity (Wildman–Crippen MR) is 77.8 cm³/mol. The second-order valence-corrected chi connectivity index (χ2v) is 4.92. The number of rotatable bonds is 7. The Morgan fingerprint density at radius 1 is 1.30 bits per heavy atom. The van der Waals surface area contributed by atoms with E-state index in [1.165, 1.54) is 0 Å². The Balaban J connectivity index is 1.82. The monoisotopic (exact) mass is 278 g/mol. The number of fused-ring (bicyclic) bond motifs is 1. The van der Waals surface area contributed by atoms with E-state index in [-0.39, 0.29) is 5.91 Å². The van der Waals surface area contributed by atoms with E-state index in [4.69, 9.17) is 15.2 Å². The molecule has 1 aromatic rings. The summed E-state index contributed by atoms with van der Waals surface area (Å²) in [5, 5.41) is 0. The largest absolute Gasteiger partial charge is 0.399 e. The Kier molecular flexibility index (Phi) is 5.38. The minimum atomic E-state index is 0.0791. The van der Waals surface area contributed by atoms with Gasteiger partial charge < -0.3 is 20.1 Å². The third-order valence-corrected chi connectivity index (χ3v) is 3.45. The molecule has 5 heteroatoms. The fraction of sp³-hybridized carbons (Fsp3) is 0.533. The molecule has 1 amide bonds. The van der Waals surface area contributed by atoms with Crippen molar-refractivity contribution in [3.8, 4) is 0 Å². The van der Waals surface area contributed by atoms with Crippen LogP contribution in [0.25, 0.3) is 0 Å². The second kappa shape index (κ2) is 7.26. The number of nitrogens with two attached hydrogens (primary N) is 1. The molecule has 1 aliphatic heterocycles. The molecule has 2 N–H and O–H groups in total. The van der Waals surface area contributed by atoms with E-state index in [2.05, 4.69) is 0 Å². The normalized spacial score (nSPS) is 14.4. The molecule has 0 radical (unpaired) electrons. The van der Waals surface area contributed by atoms with E-state index in [1.54, 1.807) is 13.2 Å². The highest BCUT2D eigenvalue weighted by Gasteiger charge is 2.23. The SMILES string of the molecule is COCCOCCCN1CCc2ccc(N)cc2C1=O. The van der Waals surface area contributed by atoms with E-state index in [9.17, 15) is 4.79 Å². The van der Waals surface area contributed by atoms with E-state index in [0.29, 0.717) is 25.5 Å². The summed E-state index contributed by atoms with van der Waals surface area (Å²) in [6.45, 7) is 3.35. The van der Waals surface area contributed by atoms with Gasteiger partial charge in [0.25, 0.3) is 5.91 Å². The number of methoxy groups -OCH3 is 1. The third-order valence-electron chi connectivity index (χ3n) is 3.45. The van der Waals surface area contributed by atoms with Gasteiger partial charge in [-0.15, -0.1) is 0 Å². The Hall–Kier alpha value is -1.59. The van der Waals surface area contributed by atoms with Gasteiger partial charge >= 0.3 is 0 Å². The van der Waals surface area contributed by atoms with Gasteiger partial charge in [0.2, 0.25) is 0 Å². The average Bonchev–Trinajstić information content (AvgIpc) is 2.45. The first-order chi connectivity index (χ1) is 9.72. The lowest BCUT2D eigenvalue weighted by molar-refractivity contribution is 0.0590. The van der Waals surface area contributed by atoms with E-state index in [0.717, 1.165) is 37.1 Å². The maximum atomic E-state index is 12.3. The molecule has 1 aliphatic rings. The number of hydrogen-bond acceptors (Lipinski definition) is 4. The van der Waals surface area contributed by atoms with Crippen LogP contribution in [0.5, 0.6) is 0 Å². The van der Waals surface area contributed by atoms with Crippen LogP contribution in [0.1, 0.15) is 22.3 Å². The molecule has 0 saturated heterocycles. The molecule has 20 heavy (non-hydrogen) atoms. The fourth-order valence-corrected chi connectivity index (χ4v) is 2.35. The highest BCUT2D eigenvalue weighted by molar-refractivity contribution is 5.97. The van der Waals surface area contributed by atoms with Crippen LogP contribution in [-0.2, 0) is 15.9 Å². The number of amides is 1. The number of carbonyl (C=O) groups is 1. The molecule has 0 saturated carbocycles. The summed E-state index contributed by atoms with van der Waals surface area (Å²) in [5.41, 5.74) is 8.24. The smallest absolute Gasteiger partial charge is 0.254 e. The Labute approximate surface area is 119 Å². The predicted octanol–water partition coefficient (Wildman–Crippen LogP) is 1.32. The second-order valence-electron chi connectivity index (χ2n) is 4.92. The standard InChI is InChI=1S/C15H22N2O3/c1-19-9-10-20-8-2-6-17-7-5-12-3-4-13(16)11-14(12)15(17)18/h3-4,11H,2,5-10,16H2,1H3. The van der Waals surface area contributed by atoms with Crippen molar-refractivity contribution in [3.63, 3.8) is 0 Å². The van der Waals surface area contributed by atoms with Crippen molar-refractivity contribution in [3.05, 3.63) is 29.3 Å². The van der Waals surface area contributed by atoms with Crippen LogP contribution in [0, 0.1) is 0 Å². The Morgan fingerprint density at radius 2 is 2.15 bits per heavy atom. The molecule has 5 nitrogen and oxygen atoms in total. The van der Waals surface area contributed by atoms with Crippen LogP contribution in [0.4, 0.5) is 5.69 Å². The molecular formula is C15H22N2O3. The molecule has 1 aromatic carbocycles. The molecule has 0 aromatic heterocycles. The van der Waals surface area contributed by atoms with Crippen LogP contribution in [0.15, 0.2) is 18.2 Å². The van der Waals surface area contributed by atoms with E-state index >= 15 is 0 Å². The summed E-state index contributed by atoms with van der Waals surface area (Å²) in [4.78, 5) is 14.2. The summed E-state index contributed by atoms with van der Waals surface area (Å²) in [7, 11) is 1.65. The van der Waals surface area contributed by atoms with E-state index in [1.807, 2.05) is 17.0 Å². The Morgan fingerprint density at radius 3 is 2.95 bits per heavy atom. The fourth-order valence-electron chi connectivity index (χ4n) is 2.35. The number of ether oxygens (including phenoxy) is 2. The van der Waals surface area contributed by atoms with Gasteiger partial charge in [-0.05, 0) is 30.5 Å². The number of nitrogen functional groups attached to an aromatic ring is 1. The lowest BCUT2D eigenvalue weighted by Gasteiger charge is -2.28. The average molecular weight is 278 g/mol. The topological polar surface area (TPSA) is 64.8 Å². The molecule has 0 fully saturated rings. The highest BCUT2D eigenvalue weighted by atomic mass is 16.5. The first kappa shape index (κ1) is 14.8. The first-order valence-corrected chi connectivity index (χ1v) is 6.96. The molecule has 1 heterocycles. The first-order valence-electron chi connectivity index (χ1n) is 6.96. The summed E-state index contributed by atoms with van der Waals surface area (Å²) in [6, 6.07) is 5.58. The number of anilines is 1. The number of hydrogen-bond donors (Lipinski definition) is 1. The van der Waals surface area contributed by atoms with Gasteiger partial charge in [-0.3, -0.25) is 4.79 Å². The number of carbonyl (C=O) groups excluding carboxylic acids is 1. The minimum Gasteiger partial charge on any atom is -0.399 e. The van der Waals surface area contributed by atoms with Gasteiger partial charge in [-0.25, -0.2) is 0 Å². The molecule has 2 rings (SSSR count). The van der Waals surface area contributed by atoms with Gasteiger partial charge in [0.15, 0.2) is 0 Å². The summed E-state index contributed by atoms with van der Waals surface area (Å²) in [5.74, 6) is 0.0791.